The Bertz CT molecular complexity index is 649. The SMILES string of the molecule is CCN1NC(C)=C(c2ccncc2)C1c1ccc(Cl)cc1. The monoisotopic (exact) mass is 299 g/mol. The number of allylic oxidation sites excluding steroid dienone is 1. The second kappa shape index (κ2) is 5.88. The van der Waals surface area contributed by atoms with Crippen molar-refractivity contribution in [1.29, 1.82) is 0 Å². The van der Waals surface area contributed by atoms with Crippen molar-refractivity contribution in [3.8, 4) is 0 Å². The van der Waals surface area contributed by atoms with Crippen LogP contribution >= 0.6 is 11.6 Å². The predicted molar refractivity (Wildman–Crippen MR) is 86.5 cm³/mol. The topological polar surface area (TPSA) is 28.2 Å². The summed E-state index contributed by atoms with van der Waals surface area (Å²) in [5.74, 6) is 0. The zero-order chi connectivity index (χ0) is 14.8. The third-order valence-corrected chi connectivity index (χ3v) is 4.07. The summed E-state index contributed by atoms with van der Waals surface area (Å²) in [6, 6.07) is 12.4. The van der Waals surface area contributed by atoms with E-state index < -0.39 is 0 Å². The lowest BCUT2D eigenvalue weighted by Crippen LogP contribution is -2.33. The number of hydrazine groups is 1. The molecule has 108 valence electrons. The Balaban J connectivity index is 2.07. The van der Waals surface area contributed by atoms with E-state index in [1.54, 1.807) is 0 Å². The molecule has 0 bridgehead atoms. The summed E-state index contributed by atoms with van der Waals surface area (Å²) in [6.07, 6.45) is 3.67. The molecule has 0 aliphatic carbocycles. The zero-order valence-electron chi connectivity index (χ0n) is 12.2. The third-order valence-electron chi connectivity index (χ3n) is 3.82. The summed E-state index contributed by atoms with van der Waals surface area (Å²) < 4.78 is 0. The Kier molecular flexibility index (Phi) is 3.95. The number of halogens is 1. The van der Waals surface area contributed by atoms with Crippen molar-refractivity contribution in [2.45, 2.75) is 19.9 Å². The van der Waals surface area contributed by atoms with E-state index in [1.165, 1.54) is 22.4 Å². The molecule has 0 radical (unpaired) electrons. The van der Waals surface area contributed by atoms with E-state index in [1.807, 2.05) is 24.5 Å². The molecule has 1 aromatic heterocycles. The molecule has 3 rings (SSSR count). The third kappa shape index (κ3) is 2.67. The summed E-state index contributed by atoms with van der Waals surface area (Å²) >= 11 is 6.02. The normalized spacial score (nSPS) is 18.9. The number of hydrogen-bond donors (Lipinski definition) is 1. The van der Waals surface area contributed by atoms with Gasteiger partial charge in [0.05, 0.1) is 6.04 Å². The maximum atomic E-state index is 6.02. The molecule has 0 spiro atoms. The first-order valence-corrected chi connectivity index (χ1v) is 7.48. The molecule has 1 N–H and O–H groups in total. The van der Waals surface area contributed by atoms with Gasteiger partial charge in [-0.25, -0.2) is 5.01 Å². The quantitative estimate of drug-likeness (QED) is 0.927. The van der Waals surface area contributed by atoms with Crippen molar-refractivity contribution in [3.63, 3.8) is 0 Å². The van der Waals surface area contributed by atoms with Gasteiger partial charge in [0, 0.05) is 35.2 Å². The summed E-state index contributed by atoms with van der Waals surface area (Å²) in [5.41, 5.74) is 8.38. The molecular formula is C17H18ClN3. The molecular weight excluding hydrogens is 282 g/mol. The van der Waals surface area contributed by atoms with E-state index in [0.717, 1.165) is 11.6 Å². The average Bonchev–Trinajstić information content (AvgIpc) is 2.85. The van der Waals surface area contributed by atoms with E-state index >= 15 is 0 Å². The standard InChI is InChI=1S/C17H18ClN3/c1-3-21-17(14-4-6-15(18)7-5-14)16(12(2)20-21)13-8-10-19-11-9-13/h4-11,17,20H,3H2,1-2H3. The lowest BCUT2D eigenvalue weighted by Gasteiger charge is -2.26. The van der Waals surface area contributed by atoms with Gasteiger partial charge in [0.15, 0.2) is 0 Å². The van der Waals surface area contributed by atoms with E-state index in [-0.39, 0.29) is 6.04 Å². The van der Waals surface area contributed by atoms with E-state index in [2.05, 4.69) is 53.5 Å². The molecule has 0 saturated heterocycles. The number of likely N-dealkylation sites (N-methyl/N-ethyl adjacent to an activating group) is 1. The fraction of sp³-hybridized carbons (Fsp3) is 0.235. The lowest BCUT2D eigenvalue weighted by molar-refractivity contribution is 0.212. The minimum absolute atomic E-state index is 0.190. The smallest absolute Gasteiger partial charge is 0.0813 e. The van der Waals surface area contributed by atoms with E-state index in [4.69, 9.17) is 11.6 Å². The maximum absolute atomic E-state index is 6.02. The minimum atomic E-state index is 0.190. The molecule has 1 aliphatic heterocycles. The lowest BCUT2D eigenvalue weighted by atomic mass is 9.93. The number of pyridine rings is 1. The number of hydrogen-bond acceptors (Lipinski definition) is 3. The molecule has 1 unspecified atom stereocenters. The molecule has 2 aromatic rings. The van der Waals surface area contributed by atoms with Crippen LogP contribution in [-0.4, -0.2) is 16.5 Å². The first-order chi connectivity index (χ1) is 10.2. The highest BCUT2D eigenvalue weighted by molar-refractivity contribution is 6.30. The molecule has 0 saturated carbocycles. The van der Waals surface area contributed by atoms with Crippen LogP contribution in [0.3, 0.4) is 0 Å². The summed E-state index contributed by atoms with van der Waals surface area (Å²) in [5, 5.41) is 3.01. The number of nitrogens with zero attached hydrogens (tertiary/aromatic N) is 2. The van der Waals surface area contributed by atoms with Crippen LogP contribution in [0.5, 0.6) is 0 Å². The molecule has 1 aromatic carbocycles. The van der Waals surface area contributed by atoms with Crippen LogP contribution in [0, 0.1) is 0 Å². The fourth-order valence-electron chi connectivity index (χ4n) is 2.86. The van der Waals surface area contributed by atoms with Crippen molar-refractivity contribution in [2.75, 3.05) is 6.54 Å². The second-order valence-corrected chi connectivity index (χ2v) is 5.56. The number of benzene rings is 1. The number of rotatable bonds is 3. The van der Waals surface area contributed by atoms with Gasteiger partial charge in [0.2, 0.25) is 0 Å². The van der Waals surface area contributed by atoms with Gasteiger partial charge in [0.25, 0.3) is 0 Å². The molecule has 1 aliphatic rings. The number of aromatic nitrogens is 1. The van der Waals surface area contributed by atoms with E-state index in [9.17, 15) is 0 Å². The van der Waals surface area contributed by atoms with Crippen molar-refractivity contribution in [1.82, 2.24) is 15.4 Å². The molecule has 0 amide bonds. The Morgan fingerprint density at radius 3 is 2.43 bits per heavy atom. The Morgan fingerprint density at radius 2 is 1.81 bits per heavy atom. The highest BCUT2D eigenvalue weighted by Gasteiger charge is 2.31. The second-order valence-electron chi connectivity index (χ2n) is 5.13. The van der Waals surface area contributed by atoms with Gasteiger partial charge >= 0.3 is 0 Å². The van der Waals surface area contributed by atoms with Gasteiger partial charge in [0.1, 0.15) is 0 Å². The van der Waals surface area contributed by atoms with Crippen molar-refractivity contribution < 1.29 is 0 Å². The Hall–Kier alpha value is -1.84. The molecule has 2 heterocycles. The average molecular weight is 300 g/mol. The molecule has 21 heavy (non-hydrogen) atoms. The van der Waals surface area contributed by atoms with Crippen molar-refractivity contribution >= 4 is 17.2 Å². The van der Waals surface area contributed by atoms with Crippen LogP contribution in [0.2, 0.25) is 5.02 Å². The van der Waals surface area contributed by atoms with Gasteiger partial charge in [-0.3, -0.25) is 4.98 Å². The van der Waals surface area contributed by atoms with Crippen LogP contribution in [-0.2, 0) is 0 Å². The van der Waals surface area contributed by atoms with Crippen LogP contribution in [0.4, 0.5) is 0 Å². The highest BCUT2D eigenvalue weighted by Crippen LogP contribution is 2.40. The molecule has 1 atom stereocenters. The molecule has 3 nitrogen and oxygen atoms in total. The van der Waals surface area contributed by atoms with Crippen molar-refractivity contribution in [2.24, 2.45) is 0 Å². The fourth-order valence-corrected chi connectivity index (χ4v) is 2.99. The zero-order valence-corrected chi connectivity index (χ0v) is 12.9. The molecule has 4 heteroatoms. The van der Waals surface area contributed by atoms with Crippen molar-refractivity contribution in [3.05, 3.63) is 70.6 Å². The summed E-state index contributed by atoms with van der Waals surface area (Å²) in [6.45, 7) is 5.19. The minimum Gasteiger partial charge on any atom is -0.322 e. The van der Waals surface area contributed by atoms with Gasteiger partial charge in [-0.15, -0.1) is 0 Å². The maximum Gasteiger partial charge on any atom is 0.0813 e. The van der Waals surface area contributed by atoms with E-state index in [0.29, 0.717) is 0 Å². The van der Waals surface area contributed by atoms with Crippen LogP contribution in [0.15, 0.2) is 54.5 Å². The van der Waals surface area contributed by atoms with Crippen LogP contribution in [0.25, 0.3) is 5.57 Å². The molecule has 0 fully saturated rings. The van der Waals surface area contributed by atoms with Gasteiger partial charge in [-0.1, -0.05) is 30.7 Å². The first kappa shape index (κ1) is 14.1. The summed E-state index contributed by atoms with van der Waals surface area (Å²) in [7, 11) is 0. The van der Waals surface area contributed by atoms with Gasteiger partial charge in [-0.2, -0.15) is 0 Å². The summed E-state index contributed by atoms with van der Waals surface area (Å²) in [4.78, 5) is 4.12. The Morgan fingerprint density at radius 1 is 1.14 bits per heavy atom. The first-order valence-electron chi connectivity index (χ1n) is 7.10. The van der Waals surface area contributed by atoms with Gasteiger partial charge in [-0.05, 0) is 42.3 Å². The highest BCUT2D eigenvalue weighted by atomic mass is 35.5. The van der Waals surface area contributed by atoms with Gasteiger partial charge < -0.3 is 5.43 Å². The van der Waals surface area contributed by atoms with Crippen LogP contribution < -0.4 is 5.43 Å². The predicted octanol–water partition coefficient (Wildman–Crippen LogP) is 4.05. The Labute approximate surface area is 130 Å². The number of nitrogens with one attached hydrogen (secondary N) is 1. The van der Waals surface area contributed by atoms with Crippen LogP contribution in [0.1, 0.15) is 31.0 Å². The largest absolute Gasteiger partial charge is 0.322 e.